The first-order valence-corrected chi connectivity index (χ1v) is 9.46. The summed E-state index contributed by atoms with van der Waals surface area (Å²) in [6.07, 6.45) is 0.872. The first-order valence-electron chi connectivity index (χ1n) is 6.27. The van der Waals surface area contributed by atoms with E-state index in [9.17, 15) is 8.78 Å². The summed E-state index contributed by atoms with van der Waals surface area (Å²) in [7, 11) is 0. The van der Waals surface area contributed by atoms with Gasteiger partial charge in [0.2, 0.25) is 0 Å². The zero-order chi connectivity index (χ0) is 15.6. The Morgan fingerprint density at radius 2 is 1.95 bits per heavy atom. The van der Waals surface area contributed by atoms with Crippen LogP contribution in [0.5, 0.6) is 0 Å². The number of rotatable bonds is 5. The van der Waals surface area contributed by atoms with Crippen molar-refractivity contribution in [3.05, 3.63) is 53.0 Å². The van der Waals surface area contributed by atoms with Crippen LogP contribution in [0.3, 0.4) is 0 Å². The second-order valence-electron chi connectivity index (χ2n) is 4.42. The Hall–Kier alpha value is 0.180. The smallest absolute Gasteiger partial charge is 0.145 e. The quantitative estimate of drug-likeness (QED) is 0.465. The maximum absolute atomic E-state index is 14.4. The summed E-state index contributed by atoms with van der Waals surface area (Å²) in [6.45, 7) is 2.67. The Bertz CT molecular complexity index is 645. The molecule has 0 amide bonds. The van der Waals surface area contributed by atoms with Crippen LogP contribution >= 0.6 is 59.1 Å². The van der Waals surface area contributed by atoms with Crippen molar-refractivity contribution in [1.29, 1.82) is 0 Å². The molecule has 0 radical (unpaired) electrons. The largest absolute Gasteiger partial charge is 0.306 e. The highest BCUT2D eigenvalue weighted by Gasteiger charge is 2.26. The van der Waals surface area contributed by atoms with Crippen molar-refractivity contribution < 1.29 is 8.78 Å². The average Bonchev–Trinajstić information content (AvgIpc) is 2.77. The predicted octanol–water partition coefficient (Wildman–Crippen LogP) is 6.40. The molecule has 114 valence electrons. The van der Waals surface area contributed by atoms with E-state index >= 15 is 0 Å². The third kappa shape index (κ3) is 3.93. The molecule has 1 N–H and O–H groups in total. The van der Waals surface area contributed by atoms with Gasteiger partial charge in [-0.2, -0.15) is 0 Å². The van der Waals surface area contributed by atoms with Gasteiger partial charge in [-0.1, -0.05) is 6.92 Å². The molecule has 1 atom stereocenters. The van der Waals surface area contributed by atoms with Gasteiger partial charge in [0.25, 0.3) is 0 Å². The maximum atomic E-state index is 14.4. The Morgan fingerprint density at radius 1 is 1.24 bits per heavy atom. The van der Waals surface area contributed by atoms with Crippen molar-refractivity contribution in [1.82, 2.24) is 5.32 Å². The third-order valence-corrected chi connectivity index (χ3v) is 5.96. The Balaban J connectivity index is 2.56. The van der Waals surface area contributed by atoms with Gasteiger partial charge in [0.15, 0.2) is 0 Å². The maximum Gasteiger partial charge on any atom is 0.145 e. The second kappa shape index (κ2) is 7.64. The number of thiophene rings is 1. The van der Waals surface area contributed by atoms with Crippen LogP contribution in [-0.4, -0.2) is 6.54 Å². The molecule has 0 saturated carbocycles. The predicted molar refractivity (Wildman–Crippen MR) is 93.9 cm³/mol. The van der Waals surface area contributed by atoms with Crippen LogP contribution in [-0.2, 0) is 0 Å². The standard InChI is InChI=1S/C14H12Br3F2NS/c1-2-5-20-13(7-6-10(16)21-14(7)17)11-9(18)4-3-8(15)12(11)19/h3-4,6,13,20H,2,5H2,1H3. The molecule has 0 saturated heterocycles. The molecule has 2 rings (SSSR count). The lowest BCUT2D eigenvalue weighted by Gasteiger charge is -2.20. The van der Waals surface area contributed by atoms with E-state index in [4.69, 9.17) is 0 Å². The Labute approximate surface area is 151 Å². The minimum absolute atomic E-state index is 0.0313. The van der Waals surface area contributed by atoms with Gasteiger partial charge in [-0.3, -0.25) is 0 Å². The van der Waals surface area contributed by atoms with Crippen molar-refractivity contribution in [2.45, 2.75) is 19.4 Å². The molecular formula is C14H12Br3F2NS. The topological polar surface area (TPSA) is 12.0 Å². The summed E-state index contributed by atoms with van der Waals surface area (Å²) >= 11 is 11.5. The van der Waals surface area contributed by atoms with Crippen molar-refractivity contribution >= 4 is 59.1 Å². The zero-order valence-electron chi connectivity index (χ0n) is 11.0. The molecule has 1 unspecified atom stereocenters. The van der Waals surface area contributed by atoms with Gasteiger partial charge in [0.05, 0.1) is 18.1 Å². The van der Waals surface area contributed by atoms with Crippen molar-refractivity contribution in [2.75, 3.05) is 6.54 Å². The van der Waals surface area contributed by atoms with Crippen LogP contribution in [0.2, 0.25) is 0 Å². The van der Waals surface area contributed by atoms with Crippen LogP contribution < -0.4 is 5.32 Å². The molecule has 0 spiro atoms. The molecule has 0 aliphatic carbocycles. The van der Waals surface area contributed by atoms with E-state index in [-0.39, 0.29) is 10.0 Å². The third-order valence-electron chi connectivity index (χ3n) is 2.96. The van der Waals surface area contributed by atoms with Gasteiger partial charge in [-0.15, -0.1) is 11.3 Å². The Kier molecular flexibility index (Phi) is 6.38. The monoisotopic (exact) mass is 501 g/mol. The fraction of sp³-hybridized carbons (Fsp3) is 0.286. The van der Waals surface area contributed by atoms with Crippen molar-refractivity contribution in [3.63, 3.8) is 0 Å². The van der Waals surface area contributed by atoms with E-state index in [1.165, 1.54) is 23.5 Å². The normalized spacial score (nSPS) is 12.7. The highest BCUT2D eigenvalue weighted by atomic mass is 79.9. The van der Waals surface area contributed by atoms with Gasteiger partial charge in [0, 0.05) is 5.56 Å². The van der Waals surface area contributed by atoms with Crippen molar-refractivity contribution in [2.24, 2.45) is 0 Å². The lowest BCUT2D eigenvalue weighted by molar-refractivity contribution is 0.500. The molecule has 1 aromatic carbocycles. The fourth-order valence-corrected chi connectivity index (χ4v) is 5.26. The van der Waals surface area contributed by atoms with Crippen molar-refractivity contribution in [3.8, 4) is 0 Å². The second-order valence-corrected chi connectivity index (χ2v) is 9.03. The summed E-state index contributed by atoms with van der Waals surface area (Å²) < 4.78 is 30.6. The van der Waals surface area contributed by atoms with Crippen LogP contribution in [0.4, 0.5) is 8.78 Å². The molecule has 1 aromatic heterocycles. The number of nitrogens with one attached hydrogen (secondary N) is 1. The number of hydrogen-bond acceptors (Lipinski definition) is 2. The summed E-state index contributed by atoms with van der Waals surface area (Å²) in [6, 6.07) is 3.99. The molecule has 2 aromatic rings. The van der Waals surface area contributed by atoms with Gasteiger partial charge < -0.3 is 5.32 Å². The molecule has 7 heteroatoms. The number of halogens is 5. The molecule has 0 aliphatic rings. The van der Waals surface area contributed by atoms with Crippen LogP contribution in [0.1, 0.15) is 30.5 Å². The molecule has 1 nitrogen and oxygen atoms in total. The van der Waals surface area contributed by atoms with Crippen LogP contribution in [0.15, 0.2) is 30.2 Å². The van der Waals surface area contributed by atoms with E-state index in [0.29, 0.717) is 6.54 Å². The highest BCUT2D eigenvalue weighted by Crippen LogP contribution is 2.40. The lowest BCUT2D eigenvalue weighted by Crippen LogP contribution is -2.25. The summed E-state index contributed by atoms with van der Waals surface area (Å²) in [5.41, 5.74) is 0.847. The van der Waals surface area contributed by atoms with Gasteiger partial charge in [-0.25, -0.2) is 8.78 Å². The zero-order valence-corrected chi connectivity index (χ0v) is 16.6. The lowest BCUT2D eigenvalue weighted by atomic mass is 10.00. The van der Waals surface area contributed by atoms with Crippen LogP contribution in [0.25, 0.3) is 0 Å². The van der Waals surface area contributed by atoms with Crippen LogP contribution in [0, 0.1) is 11.6 Å². The molecule has 0 fully saturated rings. The number of hydrogen-bond donors (Lipinski definition) is 1. The minimum Gasteiger partial charge on any atom is -0.306 e. The summed E-state index contributed by atoms with van der Waals surface area (Å²) in [5.74, 6) is -1.13. The molecule has 0 aliphatic heterocycles. The molecular weight excluding hydrogens is 492 g/mol. The first kappa shape index (κ1) is 17.5. The summed E-state index contributed by atoms with van der Waals surface area (Å²) in [4.78, 5) is 0. The van der Waals surface area contributed by atoms with Gasteiger partial charge >= 0.3 is 0 Å². The number of benzene rings is 1. The fourth-order valence-electron chi connectivity index (χ4n) is 2.01. The van der Waals surface area contributed by atoms with E-state index in [0.717, 1.165) is 19.6 Å². The van der Waals surface area contributed by atoms with Gasteiger partial charge in [0.1, 0.15) is 11.6 Å². The molecule has 21 heavy (non-hydrogen) atoms. The van der Waals surface area contributed by atoms with Gasteiger partial charge in [-0.05, 0) is 84.5 Å². The molecule has 0 bridgehead atoms. The van der Waals surface area contributed by atoms with E-state index in [1.807, 2.05) is 13.0 Å². The molecule has 1 heterocycles. The summed E-state index contributed by atoms with van der Waals surface area (Å²) in [5, 5.41) is 3.22. The Morgan fingerprint density at radius 3 is 2.52 bits per heavy atom. The first-order chi connectivity index (χ1) is 9.95. The SMILES string of the molecule is CCCNC(c1cc(Br)sc1Br)c1c(F)ccc(Br)c1F. The van der Waals surface area contributed by atoms with E-state index in [2.05, 4.69) is 53.1 Å². The minimum atomic E-state index is -0.571. The van der Waals surface area contributed by atoms with E-state index < -0.39 is 17.7 Å². The average molecular weight is 504 g/mol. The highest BCUT2D eigenvalue weighted by molar-refractivity contribution is 9.12. The van der Waals surface area contributed by atoms with E-state index in [1.54, 1.807) is 0 Å².